The van der Waals surface area contributed by atoms with Gasteiger partial charge < -0.3 is 9.15 Å². The lowest BCUT2D eigenvalue weighted by Gasteiger charge is -2.24. The standard InChI is InChI=1S/C19H20N2O2S/c1-22-16-6-2-5-14(11-16)17-7-3-9-21(17)12-15-13-23-19(20-15)18-8-4-10-24-18/h2,4-6,8,10-11,13,17H,3,7,9,12H2,1H3. The smallest absolute Gasteiger partial charge is 0.236 e. The molecule has 1 atom stereocenters. The Morgan fingerprint density at radius 1 is 1.33 bits per heavy atom. The van der Waals surface area contributed by atoms with Gasteiger partial charge >= 0.3 is 0 Å². The van der Waals surface area contributed by atoms with E-state index in [-0.39, 0.29) is 0 Å². The Morgan fingerprint density at radius 3 is 3.12 bits per heavy atom. The third-order valence-electron chi connectivity index (χ3n) is 4.49. The minimum absolute atomic E-state index is 0.419. The Morgan fingerprint density at radius 2 is 2.29 bits per heavy atom. The monoisotopic (exact) mass is 340 g/mol. The molecule has 0 bridgehead atoms. The molecule has 0 spiro atoms. The molecule has 1 aromatic carbocycles. The van der Waals surface area contributed by atoms with E-state index in [1.807, 2.05) is 23.6 Å². The van der Waals surface area contributed by atoms with E-state index in [4.69, 9.17) is 9.15 Å². The lowest BCUT2D eigenvalue weighted by molar-refractivity contribution is 0.245. The van der Waals surface area contributed by atoms with Gasteiger partial charge in [0, 0.05) is 12.6 Å². The first kappa shape index (κ1) is 15.4. The Hall–Kier alpha value is -2.11. The first-order valence-electron chi connectivity index (χ1n) is 8.20. The van der Waals surface area contributed by atoms with Gasteiger partial charge in [-0.3, -0.25) is 4.90 Å². The number of ether oxygens (including phenoxy) is 1. The Balaban J connectivity index is 1.51. The molecule has 2 aromatic heterocycles. The average Bonchev–Trinajstić information content (AvgIpc) is 3.36. The normalized spacial score (nSPS) is 18.1. The van der Waals surface area contributed by atoms with E-state index in [0.717, 1.165) is 35.3 Å². The summed E-state index contributed by atoms with van der Waals surface area (Å²) in [6, 6.07) is 12.9. The van der Waals surface area contributed by atoms with Gasteiger partial charge in [-0.2, -0.15) is 0 Å². The molecule has 1 aliphatic heterocycles. The predicted octanol–water partition coefficient (Wildman–Crippen LogP) is 4.75. The molecule has 4 rings (SSSR count). The van der Waals surface area contributed by atoms with Crippen LogP contribution in [0.2, 0.25) is 0 Å². The van der Waals surface area contributed by atoms with Crippen LogP contribution in [-0.2, 0) is 6.54 Å². The van der Waals surface area contributed by atoms with Crippen molar-refractivity contribution in [1.29, 1.82) is 0 Å². The van der Waals surface area contributed by atoms with Gasteiger partial charge in [0.15, 0.2) is 0 Å². The van der Waals surface area contributed by atoms with Gasteiger partial charge in [0.05, 0.1) is 17.7 Å². The van der Waals surface area contributed by atoms with Crippen molar-refractivity contribution in [2.45, 2.75) is 25.4 Å². The molecular weight excluding hydrogens is 320 g/mol. The van der Waals surface area contributed by atoms with Crippen molar-refractivity contribution in [3.05, 3.63) is 59.3 Å². The third kappa shape index (κ3) is 3.09. The third-order valence-corrected chi connectivity index (χ3v) is 5.35. The Labute approximate surface area is 145 Å². The summed E-state index contributed by atoms with van der Waals surface area (Å²) in [5.41, 5.74) is 2.31. The number of hydrogen-bond acceptors (Lipinski definition) is 5. The van der Waals surface area contributed by atoms with E-state index in [2.05, 4.69) is 28.1 Å². The van der Waals surface area contributed by atoms with Crippen LogP contribution in [0.1, 0.15) is 30.1 Å². The number of benzene rings is 1. The first-order valence-corrected chi connectivity index (χ1v) is 9.08. The number of hydrogen-bond donors (Lipinski definition) is 0. The Kier molecular flexibility index (Phi) is 4.36. The van der Waals surface area contributed by atoms with E-state index in [0.29, 0.717) is 6.04 Å². The highest BCUT2D eigenvalue weighted by molar-refractivity contribution is 7.13. The molecule has 1 fully saturated rings. The quantitative estimate of drug-likeness (QED) is 0.672. The number of nitrogens with zero attached hydrogens (tertiary/aromatic N) is 2. The number of aromatic nitrogens is 1. The largest absolute Gasteiger partial charge is 0.497 e. The minimum atomic E-state index is 0.419. The van der Waals surface area contributed by atoms with E-state index >= 15 is 0 Å². The summed E-state index contributed by atoms with van der Waals surface area (Å²) in [6.07, 6.45) is 4.16. The minimum Gasteiger partial charge on any atom is -0.497 e. The van der Waals surface area contributed by atoms with Crippen molar-refractivity contribution in [2.75, 3.05) is 13.7 Å². The maximum atomic E-state index is 5.65. The molecule has 0 saturated carbocycles. The molecule has 24 heavy (non-hydrogen) atoms. The molecular formula is C19H20N2O2S. The zero-order valence-corrected chi connectivity index (χ0v) is 14.5. The molecule has 124 valence electrons. The van der Waals surface area contributed by atoms with Crippen LogP contribution in [0.5, 0.6) is 5.75 Å². The Bertz CT molecular complexity index is 797. The van der Waals surface area contributed by atoms with Crippen LogP contribution in [0.4, 0.5) is 0 Å². The number of thiophene rings is 1. The second-order valence-electron chi connectivity index (χ2n) is 6.03. The molecule has 1 unspecified atom stereocenters. The van der Waals surface area contributed by atoms with Crippen LogP contribution in [-0.4, -0.2) is 23.5 Å². The summed E-state index contributed by atoms with van der Waals surface area (Å²) >= 11 is 1.65. The topological polar surface area (TPSA) is 38.5 Å². The van der Waals surface area contributed by atoms with Crippen molar-refractivity contribution < 1.29 is 9.15 Å². The highest BCUT2D eigenvalue weighted by atomic mass is 32.1. The van der Waals surface area contributed by atoms with Crippen molar-refractivity contribution in [3.8, 4) is 16.5 Å². The van der Waals surface area contributed by atoms with Crippen LogP contribution in [0.3, 0.4) is 0 Å². The van der Waals surface area contributed by atoms with Gasteiger partial charge in [-0.1, -0.05) is 18.2 Å². The summed E-state index contributed by atoms with van der Waals surface area (Å²) in [5.74, 6) is 1.64. The van der Waals surface area contributed by atoms with Gasteiger partial charge in [0.25, 0.3) is 0 Å². The van der Waals surface area contributed by atoms with Gasteiger partial charge in [-0.05, 0) is 48.5 Å². The number of likely N-dealkylation sites (tertiary alicyclic amines) is 1. The van der Waals surface area contributed by atoms with Crippen LogP contribution < -0.4 is 4.74 Å². The molecule has 1 aliphatic rings. The van der Waals surface area contributed by atoms with E-state index in [9.17, 15) is 0 Å². The van der Waals surface area contributed by atoms with Gasteiger partial charge in [-0.15, -0.1) is 11.3 Å². The average molecular weight is 340 g/mol. The van der Waals surface area contributed by atoms with Gasteiger partial charge in [0.2, 0.25) is 5.89 Å². The number of rotatable bonds is 5. The van der Waals surface area contributed by atoms with Crippen LogP contribution in [0.15, 0.2) is 52.5 Å². The second kappa shape index (κ2) is 6.79. The molecule has 0 radical (unpaired) electrons. The van der Waals surface area contributed by atoms with Crippen molar-refractivity contribution in [1.82, 2.24) is 9.88 Å². The van der Waals surface area contributed by atoms with Crippen molar-refractivity contribution in [2.24, 2.45) is 0 Å². The van der Waals surface area contributed by atoms with Gasteiger partial charge in [-0.25, -0.2) is 4.98 Å². The molecule has 0 amide bonds. The summed E-state index contributed by atoms with van der Waals surface area (Å²) in [5, 5.41) is 2.04. The SMILES string of the molecule is COc1cccc(C2CCCN2Cc2coc(-c3cccs3)n2)c1. The number of methoxy groups -OCH3 is 1. The zero-order valence-electron chi connectivity index (χ0n) is 13.6. The fraction of sp³-hybridized carbons (Fsp3) is 0.316. The second-order valence-corrected chi connectivity index (χ2v) is 6.97. The summed E-state index contributed by atoms with van der Waals surface area (Å²) in [6.45, 7) is 1.90. The fourth-order valence-electron chi connectivity index (χ4n) is 3.34. The molecule has 4 nitrogen and oxygen atoms in total. The lowest BCUT2D eigenvalue weighted by Crippen LogP contribution is -2.22. The van der Waals surface area contributed by atoms with Gasteiger partial charge in [0.1, 0.15) is 12.0 Å². The highest BCUT2D eigenvalue weighted by Crippen LogP contribution is 2.34. The molecule has 3 aromatic rings. The first-order chi connectivity index (χ1) is 11.8. The van der Waals surface area contributed by atoms with E-state index < -0.39 is 0 Å². The fourth-order valence-corrected chi connectivity index (χ4v) is 4.00. The van der Waals surface area contributed by atoms with Crippen LogP contribution in [0, 0.1) is 0 Å². The summed E-state index contributed by atoms with van der Waals surface area (Å²) in [7, 11) is 1.72. The van der Waals surface area contributed by atoms with Crippen molar-refractivity contribution >= 4 is 11.3 Å². The maximum absolute atomic E-state index is 5.65. The predicted molar refractivity (Wildman–Crippen MR) is 95.2 cm³/mol. The van der Waals surface area contributed by atoms with Crippen LogP contribution >= 0.6 is 11.3 Å². The molecule has 3 heterocycles. The van der Waals surface area contributed by atoms with Crippen molar-refractivity contribution in [3.63, 3.8) is 0 Å². The zero-order chi connectivity index (χ0) is 16.4. The highest BCUT2D eigenvalue weighted by Gasteiger charge is 2.27. The number of oxazole rings is 1. The summed E-state index contributed by atoms with van der Waals surface area (Å²) < 4.78 is 11.0. The van der Waals surface area contributed by atoms with E-state index in [1.165, 1.54) is 18.4 Å². The maximum Gasteiger partial charge on any atom is 0.236 e. The lowest BCUT2D eigenvalue weighted by atomic mass is 10.0. The molecule has 1 saturated heterocycles. The molecule has 0 aliphatic carbocycles. The summed E-state index contributed by atoms with van der Waals surface area (Å²) in [4.78, 5) is 8.21. The molecule has 0 N–H and O–H groups in total. The molecule has 5 heteroatoms. The van der Waals surface area contributed by atoms with Crippen LogP contribution in [0.25, 0.3) is 10.8 Å². The van der Waals surface area contributed by atoms with E-state index in [1.54, 1.807) is 24.7 Å².